The van der Waals surface area contributed by atoms with E-state index in [2.05, 4.69) is 54.6 Å². The predicted molar refractivity (Wildman–Crippen MR) is 102 cm³/mol. The number of hydrogen-bond donors (Lipinski definition) is 0. The van der Waals surface area contributed by atoms with Crippen LogP contribution >= 0.6 is 0 Å². The molecule has 0 heterocycles. The Bertz CT molecular complexity index is 1020. The molecule has 0 bridgehead atoms. The van der Waals surface area contributed by atoms with Gasteiger partial charge in [0.15, 0.2) is 0 Å². The van der Waals surface area contributed by atoms with Gasteiger partial charge in [-0.25, -0.2) is 4.39 Å². The second-order valence-corrected chi connectivity index (χ2v) is 7.03. The standard InChI is InChI=1S/C24H19F/c1-2-3-7-16-15-24(21-10-5-4-8-18(16)21)22-11-6-9-19(22)20-13-12-17(25)14-23(20)24/h2-10,12-14H,11,15H2,1H3/b3-2-,16-7+. The van der Waals surface area contributed by atoms with Crippen molar-refractivity contribution >= 4 is 11.1 Å². The maximum absolute atomic E-state index is 14.2. The largest absolute Gasteiger partial charge is 0.207 e. The number of rotatable bonds is 1. The first-order valence-electron chi connectivity index (χ1n) is 8.88. The van der Waals surface area contributed by atoms with Crippen LogP contribution in [0.15, 0.2) is 78.4 Å². The Morgan fingerprint density at radius 1 is 1.04 bits per heavy atom. The number of allylic oxidation sites excluding steroid dienone is 8. The molecule has 0 saturated carbocycles. The maximum Gasteiger partial charge on any atom is 0.123 e. The van der Waals surface area contributed by atoms with E-state index in [1.54, 1.807) is 12.1 Å². The smallest absolute Gasteiger partial charge is 0.123 e. The Balaban J connectivity index is 1.84. The normalized spacial score (nSPS) is 24.6. The molecule has 0 amide bonds. The highest BCUT2D eigenvalue weighted by Gasteiger charge is 2.51. The molecule has 1 atom stereocenters. The predicted octanol–water partition coefficient (Wildman–Crippen LogP) is 6.20. The van der Waals surface area contributed by atoms with Crippen molar-refractivity contribution in [2.45, 2.75) is 25.2 Å². The molecule has 0 aliphatic heterocycles. The topological polar surface area (TPSA) is 0 Å². The molecule has 1 unspecified atom stereocenters. The molecule has 25 heavy (non-hydrogen) atoms. The first-order valence-corrected chi connectivity index (χ1v) is 8.88. The van der Waals surface area contributed by atoms with Gasteiger partial charge in [-0.3, -0.25) is 0 Å². The molecule has 0 radical (unpaired) electrons. The molecule has 1 heteroatoms. The molecular weight excluding hydrogens is 307 g/mol. The van der Waals surface area contributed by atoms with Crippen LogP contribution in [0.1, 0.15) is 42.0 Å². The van der Waals surface area contributed by atoms with Crippen LogP contribution in [0.5, 0.6) is 0 Å². The number of fused-ring (bicyclic) bond motifs is 6. The zero-order valence-corrected chi connectivity index (χ0v) is 14.2. The lowest BCUT2D eigenvalue weighted by molar-refractivity contribution is 0.606. The molecule has 0 nitrogen and oxygen atoms in total. The average molecular weight is 326 g/mol. The monoisotopic (exact) mass is 326 g/mol. The summed E-state index contributed by atoms with van der Waals surface area (Å²) in [5.74, 6) is -0.147. The third-order valence-corrected chi connectivity index (χ3v) is 5.86. The van der Waals surface area contributed by atoms with E-state index in [9.17, 15) is 4.39 Å². The third-order valence-electron chi connectivity index (χ3n) is 5.86. The highest BCUT2D eigenvalue weighted by Crippen LogP contribution is 2.62. The molecule has 0 N–H and O–H groups in total. The summed E-state index contributed by atoms with van der Waals surface area (Å²) < 4.78 is 14.2. The molecule has 3 aliphatic rings. The van der Waals surface area contributed by atoms with Gasteiger partial charge in [0.25, 0.3) is 0 Å². The Morgan fingerprint density at radius 3 is 2.80 bits per heavy atom. The summed E-state index contributed by atoms with van der Waals surface area (Å²) in [5.41, 5.74) is 8.83. The van der Waals surface area contributed by atoms with E-state index in [0.717, 1.165) is 18.4 Å². The minimum absolute atomic E-state index is 0.147. The minimum Gasteiger partial charge on any atom is -0.207 e. The van der Waals surface area contributed by atoms with Crippen molar-refractivity contribution in [3.63, 3.8) is 0 Å². The van der Waals surface area contributed by atoms with E-state index >= 15 is 0 Å². The molecule has 1 spiro atoms. The van der Waals surface area contributed by atoms with Crippen molar-refractivity contribution in [2.24, 2.45) is 0 Å². The van der Waals surface area contributed by atoms with Gasteiger partial charge >= 0.3 is 0 Å². The number of halogens is 1. The van der Waals surface area contributed by atoms with Crippen molar-refractivity contribution in [3.05, 3.63) is 106 Å². The van der Waals surface area contributed by atoms with Crippen LogP contribution in [0.25, 0.3) is 11.1 Å². The van der Waals surface area contributed by atoms with Gasteiger partial charge in [-0.15, -0.1) is 0 Å². The van der Waals surface area contributed by atoms with Gasteiger partial charge in [-0.2, -0.15) is 0 Å². The van der Waals surface area contributed by atoms with E-state index in [1.165, 1.54) is 33.4 Å². The van der Waals surface area contributed by atoms with E-state index in [0.29, 0.717) is 0 Å². The van der Waals surface area contributed by atoms with Crippen LogP contribution in [0, 0.1) is 5.82 Å². The lowest BCUT2D eigenvalue weighted by Gasteiger charge is -2.30. The first-order chi connectivity index (χ1) is 12.3. The summed E-state index contributed by atoms with van der Waals surface area (Å²) in [6, 6.07) is 14.0. The molecule has 0 fully saturated rings. The van der Waals surface area contributed by atoms with Crippen LogP contribution in [-0.4, -0.2) is 0 Å². The Kier molecular flexibility index (Phi) is 3.03. The van der Waals surface area contributed by atoms with Crippen LogP contribution in [0.2, 0.25) is 0 Å². The van der Waals surface area contributed by atoms with Gasteiger partial charge < -0.3 is 0 Å². The molecule has 2 aromatic rings. The molecule has 0 saturated heterocycles. The van der Waals surface area contributed by atoms with E-state index in [4.69, 9.17) is 0 Å². The zero-order valence-electron chi connectivity index (χ0n) is 14.2. The summed E-state index contributed by atoms with van der Waals surface area (Å²) in [5, 5.41) is 0. The first kappa shape index (κ1) is 14.7. The highest BCUT2D eigenvalue weighted by molar-refractivity contribution is 5.94. The fourth-order valence-corrected chi connectivity index (χ4v) is 4.91. The fraction of sp³-hybridized carbons (Fsp3) is 0.167. The SMILES string of the molecule is C/C=C\C=C1/CC2(C3=C(C=CC3)c3ccc(F)cc32)c2ccccc21. The van der Waals surface area contributed by atoms with Crippen molar-refractivity contribution in [3.8, 4) is 0 Å². The number of hydrogen-bond acceptors (Lipinski definition) is 0. The molecule has 0 aromatic heterocycles. The van der Waals surface area contributed by atoms with E-state index in [-0.39, 0.29) is 11.2 Å². The highest BCUT2D eigenvalue weighted by atomic mass is 19.1. The summed E-state index contributed by atoms with van der Waals surface area (Å²) in [4.78, 5) is 0. The Hall–Kier alpha value is -2.67. The van der Waals surface area contributed by atoms with Crippen LogP contribution in [0.4, 0.5) is 4.39 Å². The van der Waals surface area contributed by atoms with Gasteiger partial charge in [-0.1, -0.05) is 60.7 Å². The molecule has 2 aromatic carbocycles. The zero-order chi connectivity index (χ0) is 17.0. The lowest BCUT2D eigenvalue weighted by Crippen LogP contribution is -2.25. The van der Waals surface area contributed by atoms with E-state index < -0.39 is 0 Å². The van der Waals surface area contributed by atoms with Crippen molar-refractivity contribution in [2.75, 3.05) is 0 Å². The van der Waals surface area contributed by atoms with Gasteiger partial charge in [0.2, 0.25) is 0 Å². The second-order valence-electron chi connectivity index (χ2n) is 7.03. The minimum atomic E-state index is -0.208. The molecule has 5 rings (SSSR count). The maximum atomic E-state index is 14.2. The lowest BCUT2D eigenvalue weighted by atomic mass is 9.71. The van der Waals surface area contributed by atoms with Gasteiger partial charge in [0.05, 0.1) is 0 Å². The summed E-state index contributed by atoms with van der Waals surface area (Å²) >= 11 is 0. The van der Waals surface area contributed by atoms with E-state index in [1.807, 2.05) is 13.0 Å². The molecular formula is C24H19F. The third kappa shape index (κ3) is 1.81. The molecule has 3 aliphatic carbocycles. The number of benzene rings is 2. The second kappa shape index (κ2) is 5.16. The van der Waals surface area contributed by atoms with Gasteiger partial charge in [-0.05, 0) is 70.9 Å². The Morgan fingerprint density at radius 2 is 1.92 bits per heavy atom. The average Bonchev–Trinajstić information content (AvgIpc) is 3.29. The quantitative estimate of drug-likeness (QED) is 0.585. The Labute approximate surface area is 147 Å². The van der Waals surface area contributed by atoms with Crippen LogP contribution in [0.3, 0.4) is 0 Å². The van der Waals surface area contributed by atoms with Crippen LogP contribution in [-0.2, 0) is 5.41 Å². The summed E-state index contributed by atoms with van der Waals surface area (Å²) in [7, 11) is 0. The fourth-order valence-electron chi connectivity index (χ4n) is 4.91. The van der Waals surface area contributed by atoms with Crippen molar-refractivity contribution in [1.82, 2.24) is 0 Å². The van der Waals surface area contributed by atoms with Gasteiger partial charge in [0.1, 0.15) is 5.82 Å². The molecule has 122 valence electrons. The summed E-state index contributed by atoms with van der Waals surface area (Å²) in [6.45, 7) is 2.04. The summed E-state index contributed by atoms with van der Waals surface area (Å²) in [6.07, 6.45) is 12.7. The van der Waals surface area contributed by atoms with Crippen LogP contribution < -0.4 is 0 Å². The van der Waals surface area contributed by atoms with Crippen molar-refractivity contribution in [1.29, 1.82) is 0 Å². The van der Waals surface area contributed by atoms with Gasteiger partial charge in [0, 0.05) is 5.41 Å². The van der Waals surface area contributed by atoms with Crippen molar-refractivity contribution < 1.29 is 4.39 Å².